The summed E-state index contributed by atoms with van der Waals surface area (Å²) < 4.78 is 30.5. The van der Waals surface area contributed by atoms with Gasteiger partial charge in [0.15, 0.2) is 0 Å². The predicted octanol–water partition coefficient (Wildman–Crippen LogP) is 1.59. The molecule has 0 saturated heterocycles. The van der Waals surface area contributed by atoms with Gasteiger partial charge in [-0.1, -0.05) is 24.3 Å². The van der Waals surface area contributed by atoms with Crippen molar-refractivity contribution in [3.63, 3.8) is 0 Å². The number of rotatable bonds is 7. The number of carbonyl (C=O) groups excluding carboxylic acids is 2. The Bertz CT molecular complexity index is 954. The summed E-state index contributed by atoms with van der Waals surface area (Å²) >= 11 is 0. The van der Waals surface area contributed by atoms with Gasteiger partial charge in [-0.2, -0.15) is 0 Å². The van der Waals surface area contributed by atoms with Crippen LogP contribution in [0.25, 0.3) is 0 Å². The second kappa shape index (κ2) is 7.79. The molecular formula is C19H20N2O5S. The Labute approximate surface area is 158 Å². The molecule has 0 saturated carbocycles. The molecular weight excluding hydrogens is 368 g/mol. The molecule has 142 valence electrons. The Morgan fingerprint density at radius 3 is 2.48 bits per heavy atom. The number of sulfonamides is 1. The molecule has 0 unspecified atom stereocenters. The average molecular weight is 388 g/mol. The van der Waals surface area contributed by atoms with Crippen molar-refractivity contribution in [1.82, 2.24) is 9.62 Å². The molecule has 7 nitrogen and oxygen atoms in total. The average Bonchev–Trinajstić information content (AvgIpc) is 2.87. The zero-order valence-electron chi connectivity index (χ0n) is 14.8. The minimum Gasteiger partial charge on any atom is -0.497 e. The number of hydrogen-bond donors (Lipinski definition) is 1. The van der Waals surface area contributed by atoms with Gasteiger partial charge in [-0.05, 0) is 42.7 Å². The molecule has 0 atom stereocenters. The van der Waals surface area contributed by atoms with Crippen LogP contribution in [0.4, 0.5) is 0 Å². The third-order valence-corrected chi connectivity index (χ3v) is 6.11. The molecule has 2 aromatic rings. The maximum absolute atomic E-state index is 12.4. The lowest BCUT2D eigenvalue weighted by atomic mass is 10.1. The van der Waals surface area contributed by atoms with Crippen LogP contribution in [0, 0.1) is 0 Å². The highest BCUT2D eigenvalue weighted by Crippen LogP contribution is 2.29. The van der Waals surface area contributed by atoms with Crippen LogP contribution in [0.2, 0.25) is 0 Å². The van der Waals surface area contributed by atoms with Crippen LogP contribution in [0.5, 0.6) is 5.75 Å². The number of ether oxygens (including phenoxy) is 1. The standard InChI is InChI=1S/C19H20N2O5S/c1-26-15-10-8-14(9-11-15)5-4-12-20-18(22)13-21-19(23)16-6-2-3-7-17(16)27(21,24)25/h2-3,6-11H,4-5,12-13H2,1H3,(H,20,22). The monoisotopic (exact) mass is 388 g/mol. The fourth-order valence-electron chi connectivity index (χ4n) is 2.89. The summed E-state index contributed by atoms with van der Waals surface area (Å²) in [7, 11) is -2.35. The smallest absolute Gasteiger partial charge is 0.269 e. The van der Waals surface area contributed by atoms with Crippen LogP contribution in [0.1, 0.15) is 22.3 Å². The second-order valence-corrected chi connectivity index (χ2v) is 7.95. The first kappa shape index (κ1) is 18.9. The Morgan fingerprint density at radius 1 is 1.11 bits per heavy atom. The summed E-state index contributed by atoms with van der Waals surface area (Å²) in [4.78, 5) is 24.3. The second-order valence-electron chi connectivity index (χ2n) is 6.11. The molecule has 2 amide bonds. The van der Waals surface area contributed by atoms with Crippen LogP contribution >= 0.6 is 0 Å². The molecule has 0 aromatic heterocycles. The summed E-state index contributed by atoms with van der Waals surface area (Å²) in [6.45, 7) is -0.127. The number of aryl methyl sites for hydroxylation is 1. The molecule has 1 N–H and O–H groups in total. The van der Waals surface area contributed by atoms with E-state index >= 15 is 0 Å². The lowest BCUT2D eigenvalue weighted by Crippen LogP contribution is -2.40. The van der Waals surface area contributed by atoms with E-state index in [4.69, 9.17) is 4.74 Å². The molecule has 0 spiro atoms. The number of carbonyl (C=O) groups is 2. The van der Waals surface area contributed by atoms with Gasteiger partial charge in [0, 0.05) is 6.54 Å². The largest absolute Gasteiger partial charge is 0.497 e. The maximum Gasteiger partial charge on any atom is 0.269 e. The van der Waals surface area contributed by atoms with Crippen LogP contribution in [0.3, 0.4) is 0 Å². The summed E-state index contributed by atoms with van der Waals surface area (Å²) in [6, 6.07) is 13.6. The number of fused-ring (bicyclic) bond motifs is 1. The van der Waals surface area contributed by atoms with E-state index in [-0.39, 0.29) is 10.5 Å². The highest BCUT2D eigenvalue weighted by molar-refractivity contribution is 7.90. The van der Waals surface area contributed by atoms with Crippen LogP contribution in [-0.2, 0) is 21.2 Å². The van der Waals surface area contributed by atoms with Crippen molar-refractivity contribution in [1.29, 1.82) is 0 Å². The van der Waals surface area contributed by atoms with Crippen molar-refractivity contribution in [2.24, 2.45) is 0 Å². The quantitative estimate of drug-likeness (QED) is 0.727. The molecule has 0 bridgehead atoms. The molecule has 0 fully saturated rings. The molecule has 0 radical (unpaired) electrons. The van der Waals surface area contributed by atoms with Gasteiger partial charge in [-0.15, -0.1) is 0 Å². The van der Waals surface area contributed by atoms with Crippen molar-refractivity contribution in [2.75, 3.05) is 20.2 Å². The zero-order chi connectivity index (χ0) is 19.4. The fraction of sp³-hybridized carbons (Fsp3) is 0.263. The van der Waals surface area contributed by atoms with Crippen molar-refractivity contribution >= 4 is 21.8 Å². The van der Waals surface area contributed by atoms with E-state index in [0.29, 0.717) is 17.3 Å². The lowest BCUT2D eigenvalue weighted by molar-refractivity contribution is -0.121. The first-order chi connectivity index (χ1) is 12.9. The van der Waals surface area contributed by atoms with Gasteiger partial charge in [0.25, 0.3) is 15.9 Å². The van der Waals surface area contributed by atoms with Gasteiger partial charge in [0.05, 0.1) is 12.7 Å². The number of hydrogen-bond acceptors (Lipinski definition) is 5. The Balaban J connectivity index is 1.50. The molecule has 8 heteroatoms. The topological polar surface area (TPSA) is 92.8 Å². The van der Waals surface area contributed by atoms with Gasteiger partial charge >= 0.3 is 0 Å². The number of benzene rings is 2. The van der Waals surface area contributed by atoms with Gasteiger partial charge in [-0.25, -0.2) is 12.7 Å². The summed E-state index contributed by atoms with van der Waals surface area (Å²) in [5, 5.41) is 2.67. The Morgan fingerprint density at radius 2 is 1.81 bits per heavy atom. The first-order valence-electron chi connectivity index (χ1n) is 8.49. The van der Waals surface area contributed by atoms with Crippen LogP contribution in [-0.4, -0.2) is 44.7 Å². The number of amides is 2. The molecule has 2 aromatic carbocycles. The van der Waals surface area contributed by atoms with E-state index in [1.165, 1.54) is 12.1 Å². The molecule has 1 aliphatic heterocycles. The lowest BCUT2D eigenvalue weighted by Gasteiger charge is -2.14. The van der Waals surface area contributed by atoms with Gasteiger partial charge in [-0.3, -0.25) is 9.59 Å². The van der Waals surface area contributed by atoms with E-state index in [1.54, 1.807) is 19.2 Å². The van der Waals surface area contributed by atoms with Crippen LogP contribution < -0.4 is 10.1 Å². The van der Waals surface area contributed by atoms with E-state index in [0.717, 1.165) is 17.7 Å². The van der Waals surface area contributed by atoms with Crippen molar-refractivity contribution in [3.05, 3.63) is 59.7 Å². The predicted molar refractivity (Wildman–Crippen MR) is 99.0 cm³/mol. The number of nitrogens with zero attached hydrogens (tertiary/aromatic N) is 1. The number of methoxy groups -OCH3 is 1. The molecule has 0 aliphatic carbocycles. The third-order valence-electron chi connectivity index (χ3n) is 4.32. The van der Waals surface area contributed by atoms with E-state index < -0.39 is 28.4 Å². The highest BCUT2D eigenvalue weighted by Gasteiger charge is 2.41. The minimum atomic E-state index is -3.96. The molecule has 1 heterocycles. The van der Waals surface area contributed by atoms with Gasteiger partial charge in [0.1, 0.15) is 17.2 Å². The molecule has 27 heavy (non-hydrogen) atoms. The maximum atomic E-state index is 12.4. The van der Waals surface area contributed by atoms with Crippen molar-refractivity contribution in [3.8, 4) is 5.75 Å². The van der Waals surface area contributed by atoms with Gasteiger partial charge < -0.3 is 10.1 Å². The van der Waals surface area contributed by atoms with Crippen LogP contribution in [0.15, 0.2) is 53.4 Å². The Hall–Kier alpha value is -2.87. The first-order valence-corrected chi connectivity index (χ1v) is 9.93. The van der Waals surface area contributed by atoms with Gasteiger partial charge in [0.2, 0.25) is 5.91 Å². The van der Waals surface area contributed by atoms with Crippen molar-refractivity contribution < 1.29 is 22.7 Å². The SMILES string of the molecule is COc1ccc(CCCNC(=O)CN2C(=O)c3ccccc3S2(=O)=O)cc1. The zero-order valence-corrected chi connectivity index (χ0v) is 15.7. The third kappa shape index (κ3) is 3.95. The minimum absolute atomic E-state index is 0.0534. The number of nitrogens with one attached hydrogen (secondary N) is 1. The molecule has 1 aliphatic rings. The fourth-order valence-corrected chi connectivity index (χ4v) is 4.41. The van der Waals surface area contributed by atoms with E-state index in [1.807, 2.05) is 24.3 Å². The van der Waals surface area contributed by atoms with E-state index in [2.05, 4.69) is 5.32 Å². The Kier molecular flexibility index (Phi) is 5.46. The van der Waals surface area contributed by atoms with E-state index in [9.17, 15) is 18.0 Å². The summed E-state index contributed by atoms with van der Waals surface area (Å²) in [6.07, 6.45) is 1.45. The molecule has 3 rings (SSSR count). The summed E-state index contributed by atoms with van der Waals surface area (Å²) in [5.74, 6) is -0.391. The van der Waals surface area contributed by atoms with Crippen molar-refractivity contribution in [2.45, 2.75) is 17.7 Å². The normalized spacial score (nSPS) is 14.7. The summed E-state index contributed by atoms with van der Waals surface area (Å²) in [5.41, 5.74) is 1.21. The highest BCUT2D eigenvalue weighted by atomic mass is 32.2.